The topological polar surface area (TPSA) is 28.2 Å². The summed E-state index contributed by atoms with van der Waals surface area (Å²) in [4.78, 5) is 7.04. The SMILES string of the molecule is CN1CCC(CNC2CCCc3cccnc32)CC1. The highest BCUT2D eigenvalue weighted by Crippen LogP contribution is 2.28. The van der Waals surface area contributed by atoms with Crippen LogP contribution < -0.4 is 5.32 Å². The highest BCUT2D eigenvalue weighted by Gasteiger charge is 2.23. The van der Waals surface area contributed by atoms with Crippen molar-refractivity contribution in [2.75, 3.05) is 26.7 Å². The molecule has 0 spiro atoms. The molecule has 1 saturated heterocycles. The Morgan fingerprint density at radius 3 is 3.00 bits per heavy atom. The maximum atomic E-state index is 4.61. The minimum Gasteiger partial charge on any atom is -0.308 e. The maximum Gasteiger partial charge on any atom is 0.0605 e. The van der Waals surface area contributed by atoms with Gasteiger partial charge in [0.1, 0.15) is 0 Å². The molecule has 1 fully saturated rings. The van der Waals surface area contributed by atoms with Gasteiger partial charge in [0.2, 0.25) is 0 Å². The van der Waals surface area contributed by atoms with E-state index in [9.17, 15) is 0 Å². The summed E-state index contributed by atoms with van der Waals surface area (Å²) in [5.41, 5.74) is 2.76. The molecule has 3 rings (SSSR count). The molecule has 0 amide bonds. The Morgan fingerprint density at radius 2 is 2.16 bits per heavy atom. The van der Waals surface area contributed by atoms with Gasteiger partial charge < -0.3 is 10.2 Å². The molecule has 1 atom stereocenters. The Labute approximate surface area is 116 Å². The van der Waals surface area contributed by atoms with Crippen LogP contribution in [0.5, 0.6) is 0 Å². The van der Waals surface area contributed by atoms with E-state index in [1.807, 2.05) is 6.20 Å². The highest BCUT2D eigenvalue weighted by molar-refractivity contribution is 5.25. The largest absolute Gasteiger partial charge is 0.308 e. The molecule has 104 valence electrons. The summed E-state index contributed by atoms with van der Waals surface area (Å²) in [6, 6.07) is 4.80. The first kappa shape index (κ1) is 13.1. The van der Waals surface area contributed by atoms with E-state index >= 15 is 0 Å². The molecular formula is C16H25N3. The lowest BCUT2D eigenvalue weighted by atomic mass is 9.90. The first-order chi connectivity index (χ1) is 9.33. The summed E-state index contributed by atoms with van der Waals surface area (Å²) in [5.74, 6) is 0.852. The van der Waals surface area contributed by atoms with E-state index < -0.39 is 0 Å². The van der Waals surface area contributed by atoms with E-state index in [2.05, 4.69) is 34.4 Å². The van der Waals surface area contributed by atoms with Crippen LogP contribution >= 0.6 is 0 Å². The lowest BCUT2D eigenvalue weighted by Crippen LogP contribution is -2.37. The molecule has 2 aliphatic rings. The Bertz CT molecular complexity index is 410. The van der Waals surface area contributed by atoms with Crippen LogP contribution in [-0.2, 0) is 6.42 Å². The van der Waals surface area contributed by atoms with Crippen LogP contribution in [0.1, 0.15) is 43.0 Å². The van der Waals surface area contributed by atoms with Crippen molar-refractivity contribution in [2.45, 2.75) is 38.1 Å². The first-order valence-corrected chi connectivity index (χ1v) is 7.68. The maximum absolute atomic E-state index is 4.61. The fourth-order valence-electron chi connectivity index (χ4n) is 3.38. The number of fused-ring (bicyclic) bond motifs is 1. The number of likely N-dealkylation sites (tertiary alicyclic amines) is 1. The summed E-state index contributed by atoms with van der Waals surface area (Å²) in [6.45, 7) is 3.67. The molecular weight excluding hydrogens is 234 g/mol. The van der Waals surface area contributed by atoms with E-state index in [-0.39, 0.29) is 0 Å². The number of nitrogens with one attached hydrogen (secondary N) is 1. The molecule has 0 aromatic carbocycles. The average molecular weight is 259 g/mol. The minimum absolute atomic E-state index is 0.490. The standard InChI is InChI=1S/C16H25N3/c1-19-10-7-13(8-11-19)12-18-15-6-2-4-14-5-3-9-17-16(14)15/h3,5,9,13,15,18H,2,4,6-8,10-12H2,1H3. The molecule has 19 heavy (non-hydrogen) atoms. The molecule has 1 aromatic heterocycles. The Balaban J connectivity index is 1.56. The van der Waals surface area contributed by atoms with E-state index in [4.69, 9.17) is 0 Å². The third-order valence-corrected chi connectivity index (χ3v) is 4.69. The lowest BCUT2D eigenvalue weighted by Gasteiger charge is -2.31. The van der Waals surface area contributed by atoms with Crippen LogP contribution in [0.25, 0.3) is 0 Å². The van der Waals surface area contributed by atoms with E-state index in [1.54, 1.807) is 0 Å². The Hall–Kier alpha value is -0.930. The van der Waals surface area contributed by atoms with Gasteiger partial charge in [0.05, 0.1) is 5.69 Å². The molecule has 3 heteroatoms. The van der Waals surface area contributed by atoms with Gasteiger partial charge in [-0.3, -0.25) is 4.98 Å². The summed E-state index contributed by atoms with van der Waals surface area (Å²) >= 11 is 0. The summed E-state index contributed by atoms with van der Waals surface area (Å²) in [6.07, 6.45) is 8.36. The summed E-state index contributed by atoms with van der Waals surface area (Å²) in [7, 11) is 2.23. The Kier molecular flexibility index (Phi) is 4.14. The van der Waals surface area contributed by atoms with Gasteiger partial charge >= 0.3 is 0 Å². The van der Waals surface area contributed by atoms with Crippen molar-refractivity contribution in [2.24, 2.45) is 5.92 Å². The van der Waals surface area contributed by atoms with Crippen LogP contribution in [0.2, 0.25) is 0 Å². The van der Waals surface area contributed by atoms with Gasteiger partial charge in [0.15, 0.2) is 0 Å². The molecule has 0 bridgehead atoms. The van der Waals surface area contributed by atoms with Crippen molar-refractivity contribution in [3.05, 3.63) is 29.6 Å². The van der Waals surface area contributed by atoms with E-state index in [0.29, 0.717) is 6.04 Å². The molecule has 1 aliphatic carbocycles. The summed E-state index contributed by atoms with van der Waals surface area (Å²) < 4.78 is 0. The van der Waals surface area contributed by atoms with Gasteiger partial charge in [-0.15, -0.1) is 0 Å². The van der Waals surface area contributed by atoms with Gasteiger partial charge in [-0.1, -0.05) is 6.07 Å². The van der Waals surface area contributed by atoms with Crippen molar-refractivity contribution >= 4 is 0 Å². The number of piperidine rings is 1. The second kappa shape index (κ2) is 6.02. The second-order valence-corrected chi connectivity index (χ2v) is 6.15. The third kappa shape index (κ3) is 3.15. The van der Waals surface area contributed by atoms with Gasteiger partial charge in [-0.25, -0.2) is 0 Å². The average Bonchev–Trinajstić information content (AvgIpc) is 2.47. The zero-order valence-corrected chi connectivity index (χ0v) is 11.9. The van der Waals surface area contributed by atoms with Crippen molar-refractivity contribution < 1.29 is 0 Å². The van der Waals surface area contributed by atoms with Crippen molar-refractivity contribution in [1.82, 2.24) is 15.2 Å². The van der Waals surface area contributed by atoms with Crippen LogP contribution in [-0.4, -0.2) is 36.6 Å². The molecule has 0 saturated carbocycles. The predicted octanol–water partition coefficient (Wildman–Crippen LogP) is 2.39. The highest BCUT2D eigenvalue weighted by atomic mass is 15.1. The van der Waals surface area contributed by atoms with Gasteiger partial charge in [0, 0.05) is 12.2 Å². The molecule has 1 N–H and O–H groups in total. The zero-order chi connectivity index (χ0) is 13.1. The van der Waals surface area contributed by atoms with Gasteiger partial charge in [-0.2, -0.15) is 0 Å². The van der Waals surface area contributed by atoms with Crippen molar-refractivity contribution in [3.8, 4) is 0 Å². The first-order valence-electron chi connectivity index (χ1n) is 7.68. The van der Waals surface area contributed by atoms with Crippen LogP contribution in [0.3, 0.4) is 0 Å². The molecule has 1 aliphatic heterocycles. The van der Waals surface area contributed by atoms with Crippen molar-refractivity contribution in [3.63, 3.8) is 0 Å². The minimum atomic E-state index is 0.490. The number of hydrogen-bond donors (Lipinski definition) is 1. The van der Waals surface area contributed by atoms with Crippen LogP contribution in [0.4, 0.5) is 0 Å². The van der Waals surface area contributed by atoms with E-state index in [1.165, 1.54) is 56.5 Å². The van der Waals surface area contributed by atoms with Crippen LogP contribution in [0.15, 0.2) is 18.3 Å². The smallest absolute Gasteiger partial charge is 0.0605 e. The molecule has 1 aromatic rings. The van der Waals surface area contributed by atoms with Crippen molar-refractivity contribution in [1.29, 1.82) is 0 Å². The van der Waals surface area contributed by atoms with Gasteiger partial charge in [0.25, 0.3) is 0 Å². The lowest BCUT2D eigenvalue weighted by molar-refractivity contribution is 0.211. The quantitative estimate of drug-likeness (QED) is 0.903. The number of rotatable bonds is 3. The van der Waals surface area contributed by atoms with E-state index in [0.717, 1.165) is 12.5 Å². The number of hydrogen-bond acceptors (Lipinski definition) is 3. The molecule has 1 unspecified atom stereocenters. The monoisotopic (exact) mass is 259 g/mol. The normalized spacial score (nSPS) is 25.2. The zero-order valence-electron chi connectivity index (χ0n) is 11.9. The number of pyridine rings is 1. The molecule has 0 radical (unpaired) electrons. The van der Waals surface area contributed by atoms with Gasteiger partial charge in [-0.05, 0) is 76.3 Å². The molecule has 3 nitrogen and oxygen atoms in total. The Morgan fingerprint density at radius 1 is 1.32 bits per heavy atom. The number of nitrogens with zero attached hydrogens (tertiary/aromatic N) is 2. The van der Waals surface area contributed by atoms with Crippen LogP contribution in [0, 0.1) is 5.92 Å². The fourth-order valence-corrected chi connectivity index (χ4v) is 3.38. The fraction of sp³-hybridized carbons (Fsp3) is 0.688. The predicted molar refractivity (Wildman–Crippen MR) is 78.1 cm³/mol. The number of aromatic nitrogens is 1. The third-order valence-electron chi connectivity index (χ3n) is 4.69. The molecule has 2 heterocycles. The number of aryl methyl sites for hydroxylation is 1. The summed E-state index contributed by atoms with van der Waals surface area (Å²) in [5, 5.41) is 3.78. The second-order valence-electron chi connectivity index (χ2n) is 6.15.